The molecule has 0 unspecified atom stereocenters. The molecule has 0 aliphatic rings. The Bertz CT molecular complexity index is 349. The Morgan fingerprint density at radius 1 is 1.28 bits per heavy atom. The molecule has 106 valence electrons. The average Bonchev–Trinajstić information content (AvgIpc) is 2.35. The summed E-state index contributed by atoms with van der Waals surface area (Å²) in [5.74, 6) is 2.37. The molecule has 0 saturated heterocycles. The Morgan fingerprint density at radius 3 is 2.44 bits per heavy atom. The zero-order chi connectivity index (χ0) is 14.0. The molecule has 5 nitrogen and oxygen atoms in total. The molecule has 0 spiro atoms. The number of hydrogen-bond acceptors (Lipinski definition) is 3. The first kappa shape index (κ1) is 17.4. The van der Waals surface area contributed by atoms with Crippen LogP contribution in [0.2, 0.25) is 0 Å². The molecule has 0 radical (unpaired) electrons. The molecule has 0 aliphatic carbocycles. The Labute approximate surface area is 112 Å². The molecule has 1 N–H and O–H groups in total. The first-order valence-corrected chi connectivity index (χ1v) is 7.75. The number of nitrogens with zero attached hydrogens (tertiary/aromatic N) is 2. The highest BCUT2D eigenvalue weighted by Gasteiger charge is 2.24. The highest BCUT2D eigenvalue weighted by molar-refractivity contribution is 7.86. The molecule has 0 aliphatic heterocycles. The standard InChI is InChI=1S/C12H25N3O2S/c1-5-9-13-10-8-12-14(4)18(16,17)15(7-3)11-6-2/h2,13H,5,7-12H2,1,3-4H3. The summed E-state index contributed by atoms with van der Waals surface area (Å²) in [5, 5.41) is 3.24. The van der Waals surface area contributed by atoms with Crippen molar-refractivity contribution in [2.24, 2.45) is 0 Å². The number of nitrogens with one attached hydrogen (secondary N) is 1. The van der Waals surface area contributed by atoms with Gasteiger partial charge in [0.15, 0.2) is 0 Å². The van der Waals surface area contributed by atoms with Crippen LogP contribution in [0.25, 0.3) is 0 Å². The first-order valence-electron chi connectivity index (χ1n) is 6.36. The Balaban J connectivity index is 4.21. The van der Waals surface area contributed by atoms with Gasteiger partial charge in [-0.05, 0) is 25.9 Å². The molecular weight excluding hydrogens is 250 g/mol. The molecule has 0 heterocycles. The molecule has 0 atom stereocenters. The van der Waals surface area contributed by atoms with Crippen molar-refractivity contribution in [3.8, 4) is 12.3 Å². The van der Waals surface area contributed by atoms with E-state index in [9.17, 15) is 8.42 Å². The van der Waals surface area contributed by atoms with Gasteiger partial charge >= 0.3 is 0 Å². The van der Waals surface area contributed by atoms with Gasteiger partial charge in [0.05, 0.1) is 6.54 Å². The summed E-state index contributed by atoms with van der Waals surface area (Å²) >= 11 is 0. The summed E-state index contributed by atoms with van der Waals surface area (Å²) in [4.78, 5) is 0. The minimum atomic E-state index is -3.41. The second kappa shape index (κ2) is 9.34. The maximum Gasteiger partial charge on any atom is 0.282 e. The summed E-state index contributed by atoms with van der Waals surface area (Å²) in [6, 6.07) is 0. The number of rotatable bonds is 10. The molecule has 0 saturated carbocycles. The van der Waals surface area contributed by atoms with Crippen molar-refractivity contribution in [1.82, 2.24) is 13.9 Å². The Hall–Kier alpha value is -0.610. The minimum absolute atomic E-state index is 0.122. The van der Waals surface area contributed by atoms with E-state index in [0.717, 1.165) is 25.9 Å². The maximum atomic E-state index is 12.1. The normalized spacial score (nSPS) is 12.0. The van der Waals surface area contributed by atoms with Gasteiger partial charge in [0.25, 0.3) is 10.2 Å². The number of terminal acetylenes is 1. The fourth-order valence-corrected chi connectivity index (χ4v) is 2.82. The van der Waals surface area contributed by atoms with Gasteiger partial charge in [0.1, 0.15) is 0 Å². The smallest absolute Gasteiger partial charge is 0.282 e. The third kappa shape index (κ3) is 5.83. The van der Waals surface area contributed by atoms with Gasteiger partial charge < -0.3 is 5.32 Å². The molecule has 0 aromatic carbocycles. The largest absolute Gasteiger partial charge is 0.317 e. The van der Waals surface area contributed by atoms with Crippen molar-refractivity contribution in [3.63, 3.8) is 0 Å². The summed E-state index contributed by atoms with van der Waals surface area (Å²) in [5.41, 5.74) is 0. The van der Waals surface area contributed by atoms with Crippen LogP contribution >= 0.6 is 0 Å². The van der Waals surface area contributed by atoms with E-state index in [1.165, 1.54) is 8.61 Å². The van der Waals surface area contributed by atoms with Gasteiger partial charge in [0.2, 0.25) is 0 Å². The van der Waals surface area contributed by atoms with Crippen LogP contribution in [0.4, 0.5) is 0 Å². The second-order valence-electron chi connectivity index (χ2n) is 4.06. The van der Waals surface area contributed by atoms with Gasteiger partial charge in [-0.2, -0.15) is 17.0 Å². The second-order valence-corrected chi connectivity index (χ2v) is 6.10. The summed E-state index contributed by atoms with van der Waals surface area (Å²) in [6.45, 7) is 6.69. The van der Waals surface area contributed by atoms with E-state index in [2.05, 4.69) is 18.2 Å². The van der Waals surface area contributed by atoms with E-state index in [1.807, 2.05) is 0 Å². The third-order valence-electron chi connectivity index (χ3n) is 2.59. The predicted molar refractivity (Wildman–Crippen MR) is 75.4 cm³/mol. The van der Waals surface area contributed by atoms with Crippen LogP contribution in [-0.4, -0.2) is 56.8 Å². The van der Waals surface area contributed by atoms with Crippen LogP contribution in [0.15, 0.2) is 0 Å². The van der Waals surface area contributed by atoms with Gasteiger partial charge in [-0.25, -0.2) is 0 Å². The zero-order valence-electron chi connectivity index (χ0n) is 11.6. The summed E-state index contributed by atoms with van der Waals surface area (Å²) in [6.07, 6.45) is 7.05. The fraction of sp³-hybridized carbons (Fsp3) is 0.833. The average molecular weight is 275 g/mol. The van der Waals surface area contributed by atoms with Crippen LogP contribution in [-0.2, 0) is 10.2 Å². The van der Waals surface area contributed by atoms with Gasteiger partial charge in [-0.1, -0.05) is 19.8 Å². The highest BCUT2D eigenvalue weighted by Crippen LogP contribution is 2.05. The molecule has 0 aromatic rings. The van der Waals surface area contributed by atoms with E-state index < -0.39 is 10.2 Å². The monoisotopic (exact) mass is 275 g/mol. The fourth-order valence-electron chi connectivity index (χ4n) is 1.50. The van der Waals surface area contributed by atoms with E-state index >= 15 is 0 Å². The lowest BCUT2D eigenvalue weighted by molar-refractivity contribution is 0.383. The number of hydrogen-bond donors (Lipinski definition) is 1. The van der Waals surface area contributed by atoms with Crippen molar-refractivity contribution < 1.29 is 8.42 Å². The summed E-state index contributed by atoms with van der Waals surface area (Å²) in [7, 11) is -1.82. The molecule has 0 rings (SSSR count). The molecule has 6 heteroatoms. The zero-order valence-corrected chi connectivity index (χ0v) is 12.5. The lowest BCUT2D eigenvalue weighted by Gasteiger charge is -2.25. The van der Waals surface area contributed by atoms with E-state index in [0.29, 0.717) is 13.1 Å². The van der Waals surface area contributed by atoms with E-state index in [1.54, 1.807) is 14.0 Å². The van der Waals surface area contributed by atoms with Gasteiger partial charge in [-0.15, -0.1) is 6.42 Å². The molecule has 0 amide bonds. The lowest BCUT2D eigenvalue weighted by atomic mass is 10.4. The molecular formula is C12H25N3O2S. The highest BCUT2D eigenvalue weighted by atomic mass is 32.2. The van der Waals surface area contributed by atoms with Crippen LogP contribution < -0.4 is 5.32 Å². The van der Waals surface area contributed by atoms with Crippen LogP contribution in [0.5, 0.6) is 0 Å². The van der Waals surface area contributed by atoms with Crippen molar-refractivity contribution in [3.05, 3.63) is 0 Å². The van der Waals surface area contributed by atoms with Crippen molar-refractivity contribution in [1.29, 1.82) is 0 Å². The van der Waals surface area contributed by atoms with Crippen LogP contribution in [0.3, 0.4) is 0 Å². The Morgan fingerprint density at radius 2 is 1.94 bits per heavy atom. The quantitative estimate of drug-likeness (QED) is 0.467. The Kier molecular flexibility index (Phi) is 9.02. The van der Waals surface area contributed by atoms with Crippen molar-refractivity contribution >= 4 is 10.2 Å². The maximum absolute atomic E-state index is 12.1. The van der Waals surface area contributed by atoms with E-state index in [-0.39, 0.29) is 6.54 Å². The van der Waals surface area contributed by atoms with Crippen molar-refractivity contribution in [2.45, 2.75) is 26.7 Å². The molecule has 0 fully saturated rings. The van der Waals surface area contributed by atoms with Gasteiger partial charge in [-0.3, -0.25) is 0 Å². The van der Waals surface area contributed by atoms with Crippen molar-refractivity contribution in [2.75, 3.05) is 39.8 Å². The van der Waals surface area contributed by atoms with E-state index in [4.69, 9.17) is 6.42 Å². The lowest BCUT2D eigenvalue weighted by Crippen LogP contribution is -2.42. The minimum Gasteiger partial charge on any atom is -0.317 e. The predicted octanol–water partition coefficient (Wildman–Crippen LogP) is 0.508. The topological polar surface area (TPSA) is 52.7 Å². The van der Waals surface area contributed by atoms with Crippen LogP contribution in [0.1, 0.15) is 26.7 Å². The first-order chi connectivity index (χ1) is 8.50. The summed E-state index contributed by atoms with van der Waals surface area (Å²) < 4.78 is 26.9. The molecule has 18 heavy (non-hydrogen) atoms. The molecule has 0 bridgehead atoms. The SMILES string of the molecule is C#CCN(CC)S(=O)(=O)N(C)CCCNCCC. The third-order valence-corrected chi connectivity index (χ3v) is 4.60. The van der Waals surface area contributed by atoms with Crippen LogP contribution in [0, 0.1) is 12.3 Å². The van der Waals surface area contributed by atoms with Gasteiger partial charge in [0, 0.05) is 20.1 Å². The molecule has 0 aromatic heterocycles.